The highest BCUT2D eigenvalue weighted by molar-refractivity contribution is 5.03. The maximum Gasteiger partial charge on any atom is 0.186 e. The second kappa shape index (κ2) is 16.4. The van der Waals surface area contributed by atoms with Crippen LogP contribution in [0.1, 0.15) is 19.3 Å². The first-order chi connectivity index (χ1) is 19.6. The van der Waals surface area contributed by atoms with E-state index in [0.717, 1.165) is 6.42 Å². The SMILES string of the molecule is NCCCNC[C@H]1O[C@H](O[C@H]2[C@H](O)[C@@H](O[C@H]3O[C@H](CO)[C@@H](O)[C@H](N)[C@H]3O)[C@H](NC(CO)CO)C[C@@H]2N)[C@H](N)C[C@@H]1O. The summed E-state index contributed by atoms with van der Waals surface area (Å²) in [6, 6.07) is -4.29. The van der Waals surface area contributed by atoms with E-state index >= 15 is 0 Å². The zero-order valence-corrected chi connectivity index (χ0v) is 23.1. The smallest absolute Gasteiger partial charge is 0.186 e. The summed E-state index contributed by atoms with van der Waals surface area (Å²) in [5, 5.41) is 77.8. The highest BCUT2D eigenvalue weighted by atomic mass is 16.7. The van der Waals surface area contributed by atoms with Crippen molar-refractivity contribution < 1.29 is 54.7 Å². The Morgan fingerprint density at radius 2 is 1.46 bits per heavy atom. The van der Waals surface area contributed by atoms with Gasteiger partial charge in [0, 0.05) is 18.6 Å². The third-order valence-corrected chi connectivity index (χ3v) is 7.93. The summed E-state index contributed by atoms with van der Waals surface area (Å²) in [7, 11) is 0. The molecule has 3 rings (SSSR count). The van der Waals surface area contributed by atoms with Gasteiger partial charge in [0.1, 0.15) is 36.6 Å². The molecule has 0 radical (unpaired) electrons. The highest BCUT2D eigenvalue weighted by Gasteiger charge is 2.51. The van der Waals surface area contributed by atoms with Gasteiger partial charge in [0.05, 0.1) is 50.2 Å². The van der Waals surface area contributed by atoms with Crippen LogP contribution in [0.25, 0.3) is 0 Å². The van der Waals surface area contributed by atoms with Crippen molar-refractivity contribution in [3.63, 3.8) is 0 Å². The molecule has 0 unspecified atom stereocenters. The second-order valence-corrected chi connectivity index (χ2v) is 11.1. The molecule has 0 spiro atoms. The number of hydrogen-bond acceptors (Lipinski definition) is 17. The topological polar surface area (TPSA) is 307 Å². The van der Waals surface area contributed by atoms with Crippen molar-refractivity contribution in [1.29, 1.82) is 0 Å². The molecule has 3 fully saturated rings. The minimum atomic E-state index is -1.52. The van der Waals surface area contributed by atoms with Crippen LogP contribution in [0.15, 0.2) is 0 Å². The van der Waals surface area contributed by atoms with Gasteiger partial charge in [-0.3, -0.25) is 0 Å². The molecule has 242 valence electrons. The number of ether oxygens (including phenoxy) is 4. The normalized spacial score (nSPS) is 43.9. The molecule has 2 saturated heterocycles. The van der Waals surface area contributed by atoms with Crippen LogP contribution < -0.4 is 33.6 Å². The van der Waals surface area contributed by atoms with E-state index in [-0.39, 0.29) is 12.8 Å². The van der Waals surface area contributed by atoms with E-state index in [9.17, 15) is 35.7 Å². The van der Waals surface area contributed by atoms with Gasteiger partial charge in [0.2, 0.25) is 0 Å². The fourth-order valence-corrected chi connectivity index (χ4v) is 5.46. The predicted molar refractivity (Wildman–Crippen MR) is 143 cm³/mol. The molecular weight excluding hydrogens is 548 g/mol. The van der Waals surface area contributed by atoms with Gasteiger partial charge in [-0.1, -0.05) is 0 Å². The van der Waals surface area contributed by atoms with Gasteiger partial charge in [-0.25, -0.2) is 0 Å². The summed E-state index contributed by atoms with van der Waals surface area (Å²) in [6.45, 7) is 0.0199. The summed E-state index contributed by atoms with van der Waals surface area (Å²) in [4.78, 5) is 0. The van der Waals surface area contributed by atoms with E-state index in [1.165, 1.54) is 0 Å². The third kappa shape index (κ3) is 8.70. The maximum absolute atomic E-state index is 11.5. The van der Waals surface area contributed by atoms with Crippen molar-refractivity contribution in [2.24, 2.45) is 22.9 Å². The Hall–Kier alpha value is -0.680. The third-order valence-electron chi connectivity index (χ3n) is 7.93. The summed E-state index contributed by atoms with van der Waals surface area (Å²) in [5.41, 5.74) is 24.1. The lowest BCUT2D eigenvalue weighted by atomic mass is 9.83. The first kappa shape index (κ1) is 34.8. The molecule has 1 aliphatic carbocycles. The average Bonchev–Trinajstić information content (AvgIpc) is 2.95. The average molecular weight is 599 g/mol. The Kier molecular flexibility index (Phi) is 13.9. The second-order valence-electron chi connectivity index (χ2n) is 11.1. The Morgan fingerprint density at radius 3 is 2.10 bits per heavy atom. The van der Waals surface area contributed by atoms with Gasteiger partial charge in [-0.2, -0.15) is 0 Å². The number of hydrogen-bond donors (Lipinski definition) is 13. The summed E-state index contributed by atoms with van der Waals surface area (Å²) < 4.78 is 23.6. The van der Waals surface area contributed by atoms with E-state index < -0.39 is 111 Å². The number of nitrogens with one attached hydrogen (secondary N) is 2. The van der Waals surface area contributed by atoms with Crippen LogP contribution in [0.4, 0.5) is 0 Å². The first-order valence-electron chi connectivity index (χ1n) is 14.2. The fraction of sp³-hybridized carbons (Fsp3) is 1.00. The Balaban J connectivity index is 1.77. The molecular formula is C24H50N6O11. The Morgan fingerprint density at radius 1 is 0.805 bits per heavy atom. The van der Waals surface area contributed by atoms with Gasteiger partial charge < -0.3 is 88.3 Å². The lowest BCUT2D eigenvalue weighted by molar-refractivity contribution is -0.316. The number of aliphatic hydroxyl groups excluding tert-OH is 7. The van der Waals surface area contributed by atoms with Gasteiger partial charge in [-0.05, 0) is 32.4 Å². The van der Waals surface area contributed by atoms with E-state index in [0.29, 0.717) is 19.6 Å². The van der Waals surface area contributed by atoms with E-state index in [2.05, 4.69) is 10.6 Å². The molecule has 2 aliphatic heterocycles. The molecule has 3 aliphatic rings. The number of nitrogens with two attached hydrogens (primary N) is 4. The molecule has 2 heterocycles. The zero-order valence-electron chi connectivity index (χ0n) is 23.1. The Bertz CT molecular complexity index is 759. The number of rotatable bonds is 14. The van der Waals surface area contributed by atoms with Crippen LogP contribution in [0.5, 0.6) is 0 Å². The van der Waals surface area contributed by atoms with Gasteiger partial charge in [-0.15, -0.1) is 0 Å². The van der Waals surface area contributed by atoms with Crippen molar-refractivity contribution in [3.05, 3.63) is 0 Å². The van der Waals surface area contributed by atoms with Crippen LogP contribution in [0.3, 0.4) is 0 Å². The van der Waals surface area contributed by atoms with Gasteiger partial charge >= 0.3 is 0 Å². The van der Waals surface area contributed by atoms with Crippen molar-refractivity contribution >= 4 is 0 Å². The minimum Gasteiger partial charge on any atom is -0.395 e. The van der Waals surface area contributed by atoms with Crippen LogP contribution in [0, 0.1) is 0 Å². The summed E-state index contributed by atoms with van der Waals surface area (Å²) in [5.74, 6) is 0. The monoisotopic (exact) mass is 598 g/mol. The lowest BCUT2D eigenvalue weighted by Gasteiger charge is -2.49. The minimum absolute atomic E-state index is 0.123. The lowest BCUT2D eigenvalue weighted by Crippen LogP contribution is -2.69. The highest BCUT2D eigenvalue weighted by Crippen LogP contribution is 2.31. The van der Waals surface area contributed by atoms with E-state index in [1.807, 2.05) is 0 Å². The summed E-state index contributed by atoms with van der Waals surface area (Å²) >= 11 is 0. The summed E-state index contributed by atoms with van der Waals surface area (Å²) in [6.07, 6.45) is -10.7. The number of aliphatic hydroxyl groups is 7. The Labute approximate surface area is 239 Å². The molecule has 41 heavy (non-hydrogen) atoms. The fourth-order valence-electron chi connectivity index (χ4n) is 5.46. The molecule has 0 bridgehead atoms. The molecule has 0 aromatic heterocycles. The maximum atomic E-state index is 11.5. The predicted octanol–water partition coefficient (Wildman–Crippen LogP) is -7.33. The van der Waals surface area contributed by atoms with E-state index in [1.54, 1.807) is 0 Å². The van der Waals surface area contributed by atoms with Crippen molar-refractivity contribution in [2.45, 2.75) is 111 Å². The van der Waals surface area contributed by atoms with Gasteiger partial charge in [0.15, 0.2) is 12.6 Å². The molecule has 17 N–H and O–H groups in total. The molecule has 1 saturated carbocycles. The molecule has 0 amide bonds. The molecule has 17 nitrogen and oxygen atoms in total. The van der Waals surface area contributed by atoms with E-state index in [4.69, 9.17) is 41.9 Å². The van der Waals surface area contributed by atoms with Gasteiger partial charge in [0.25, 0.3) is 0 Å². The molecule has 14 atom stereocenters. The molecule has 0 aromatic carbocycles. The van der Waals surface area contributed by atoms with Crippen molar-refractivity contribution in [3.8, 4) is 0 Å². The zero-order chi connectivity index (χ0) is 30.3. The van der Waals surface area contributed by atoms with Crippen LogP contribution in [-0.4, -0.2) is 167 Å². The van der Waals surface area contributed by atoms with Crippen LogP contribution in [0.2, 0.25) is 0 Å². The first-order valence-corrected chi connectivity index (χ1v) is 14.2. The van der Waals surface area contributed by atoms with Crippen LogP contribution >= 0.6 is 0 Å². The molecule has 0 aromatic rings. The quantitative estimate of drug-likeness (QED) is 0.0826. The van der Waals surface area contributed by atoms with Crippen molar-refractivity contribution in [1.82, 2.24) is 10.6 Å². The molecule has 17 heteroatoms. The van der Waals surface area contributed by atoms with Crippen LogP contribution in [-0.2, 0) is 18.9 Å². The standard InChI is InChI=1S/C24H50N6O11/c25-2-1-3-29-6-15-14(34)5-12(27)23(38-15)40-21-11(26)4-13(30-10(7-31)8-32)22(20(21)37)41-24-19(36)17(28)18(35)16(9-33)39-24/h10-24,29-37H,1-9,25-28H2/t11-,12+,13+,14-,15+,16+,17-,18+,19+,20-,21+,22-,23+,24+/m0/s1. The largest absolute Gasteiger partial charge is 0.395 e. The van der Waals surface area contributed by atoms with Crippen molar-refractivity contribution in [2.75, 3.05) is 39.5 Å².